The van der Waals surface area contributed by atoms with E-state index in [-0.39, 0.29) is 67.4 Å². The van der Waals surface area contributed by atoms with Crippen LogP contribution in [0.5, 0.6) is 0 Å². The van der Waals surface area contributed by atoms with Gasteiger partial charge in [-0.2, -0.15) is 0 Å². The van der Waals surface area contributed by atoms with Gasteiger partial charge in [-0.1, -0.05) is 83.8 Å². The summed E-state index contributed by atoms with van der Waals surface area (Å²) in [7, 11) is 0. The number of unbranched alkanes of at least 4 members (excludes halogenated alkanes) is 9. The molecular weight excluding hydrogens is 765 g/mol. The summed E-state index contributed by atoms with van der Waals surface area (Å²) in [6.07, 6.45) is 24.7. The second kappa shape index (κ2) is 21.8. The Morgan fingerprint density at radius 3 is 2.37 bits per heavy atom. The van der Waals surface area contributed by atoms with E-state index in [9.17, 15) is 19.8 Å². The number of nitrogens with zero attached hydrogens (tertiary/aromatic N) is 2. The molecule has 6 aliphatic rings. The maximum absolute atomic E-state index is 14.4. The van der Waals surface area contributed by atoms with Crippen molar-refractivity contribution < 1.29 is 43.3 Å². The molecule has 0 radical (unpaired) electrons. The first-order valence-corrected chi connectivity index (χ1v) is 24.2. The van der Waals surface area contributed by atoms with Crippen molar-refractivity contribution in [1.29, 1.82) is 0 Å². The second-order valence-corrected chi connectivity index (χ2v) is 18.8. The Balaban J connectivity index is 0.901. The number of amides is 1. The lowest BCUT2D eigenvalue weighted by Gasteiger charge is -2.50. The minimum Gasteiger partial charge on any atom is -0.462 e. The number of rotatable bonds is 23. The second-order valence-electron chi connectivity index (χ2n) is 18.8. The van der Waals surface area contributed by atoms with Crippen LogP contribution in [0.2, 0.25) is 0 Å². The van der Waals surface area contributed by atoms with Crippen LogP contribution < -0.4 is 22.1 Å². The number of guanidine groups is 1. The van der Waals surface area contributed by atoms with E-state index in [0.29, 0.717) is 25.4 Å². The molecule has 0 aromatic rings. The SMILES string of the molecule is CC/C=C/[C@@H]1CC[C@]2(C[C@H]3CC[C@@H]4[C@@H](C(=O)OC(CC)CCCCCCCCCCCC[C@@H]5O[C@@](O)(CCN)[C@H](O)N(CCCN)C5=O)[C@@]5(CCC[C@H](C)O5)NC(=[N+]34)N2)O1. The van der Waals surface area contributed by atoms with Crippen molar-refractivity contribution in [2.45, 2.75) is 235 Å². The molecule has 342 valence electrons. The molecule has 0 aliphatic carbocycles. The Kier molecular flexibility index (Phi) is 17.2. The normalized spacial score (nSPS) is 35.6. The number of morpholine rings is 1. The fourth-order valence-electron chi connectivity index (χ4n) is 11.1. The van der Waals surface area contributed by atoms with E-state index in [1.54, 1.807) is 0 Å². The lowest BCUT2D eigenvalue weighted by atomic mass is 9.80. The van der Waals surface area contributed by atoms with E-state index in [4.69, 9.17) is 30.4 Å². The zero-order valence-electron chi connectivity index (χ0n) is 37.3. The van der Waals surface area contributed by atoms with E-state index >= 15 is 0 Å². The highest BCUT2D eigenvalue weighted by molar-refractivity contribution is 5.83. The smallest absolute Gasteiger partial charge is 0.350 e. The van der Waals surface area contributed by atoms with Crippen molar-refractivity contribution in [3.63, 3.8) is 0 Å². The van der Waals surface area contributed by atoms with Gasteiger partial charge in [0, 0.05) is 32.2 Å². The Morgan fingerprint density at radius 1 is 0.950 bits per heavy atom. The van der Waals surface area contributed by atoms with Gasteiger partial charge in [0.2, 0.25) is 11.5 Å². The van der Waals surface area contributed by atoms with Crippen molar-refractivity contribution in [2.24, 2.45) is 17.4 Å². The molecule has 0 aromatic heterocycles. The molecule has 14 heteroatoms. The predicted molar refractivity (Wildman–Crippen MR) is 230 cm³/mol. The van der Waals surface area contributed by atoms with E-state index in [1.165, 1.54) is 30.6 Å². The molecule has 2 spiro atoms. The standard InChI is InChI=1S/C46H80N6O8/c1-4-6-20-36-25-27-44(59-36)32-34-23-24-37-39(45(26-17-19-33(3)58-45)50-43(49-44)52(34)37)41(54)57-35(5-2)21-15-13-11-9-7-8-10-12-14-16-22-38-40(53)51(31-18-29-47)42(55)46(56,60-38)28-30-48/h6,20,33-39,42,55-56H,4-5,7-19,21-32,47-48H2,1-3H3,(H,49,50)/p+1/b20-6+/t33-,34+,35?,36+,37+,38-,39-,42-,44+,45-,46-/m0/s1. The fraction of sp³-hybridized carbons (Fsp3) is 0.891. The first-order chi connectivity index (χ1) is 29.0. The first-order valence-electron chi connectivity index (χ1n) is 24.2. The van der Waals surface area contributed by atoms with Crippen molar-refractivity contribution >= 4 is 17.8 Å². The zero-order valence-corrected chi connectivity index (χ0v) is 37.3. The molecule has 0 bridgehead atoms. The quantitative estimate of drug-likeness (QED) is 0.0343. The molecule has 0 saturated carbocycles. The van der Waals surface area contributed by atoms with Gasteiger partial charge in [-0.25, -0.2) is 10.6 Å². The summed E-state index contributed by atoms with van der Waals surface area (Å²) < 4.78 is 28.2. The average molecular weight is 846 g/mol. The fourth-order valence-corrected chi connectivity index (χ4v) is 11.1. The number of hydrogen-bond donors (Lipinski definition) is 6. The number of allylic oxidation sites excluding steroid dienone is 1. The van der Waals surface area contributed by atoms with Crippen LogP contribution in [0.15, 0.2) is 12.2 Å². The Bertz CT molecular complexity index is 1470. The van der Waals surface area contributed by atoms with Crippen LogP contribution in [0.3, 0.4) is 0 Å². The summed E-state index contributed by atoms with van der Waals surface area (Å²) in [5.74, 6) is -1.66. The van der Waals surface area contributed by atoms with E-state index in [1.807, 2.05) is 0 Å². The van der Waals surface area contributed by atoms with Gasteiger partial charge in [-0.15, -0.1) is 0 Å². The molecule has 14 nitrogen and oxygen atoms in total. The molecule has 6 heterocycles. The number of aliphatic hydroxyl groups excluding tert-OH is 1. The van der Waals surface area contributed by atoms with Crippen molar-refractivity contribution in [1.82, 2.24) is 15.5 Å². The summed E-state index contributed by atoms with van der Waals surface area (Å²) >= 11 is 0. The largest absolute Gasteiger partial charge is 0.462 e. The summed E-state index contributed by atoms with van der Waals surface area (Å²) in [6, 6.07) is 0.354. The van der Waals surface area contributed by atoms with Crippen molar-refractivity contribution in [3.8, 4) is 0 Å². The molecule has 11 atom stereocenters. The van der Waals surface area contributed by atoms with Gasteiger partial charge in [0.15, 0.2) is 17.9 Å². The number of nitrogens with two attached hydrogens (primary N) is 2. The summed E-state index contributed by atoms with van der Waals surface area (Å²) in [4.78, 5) is 28.8. The van der Waals surface area contributed by atoms with Crippen LogP contribution >= 0.6 is 0 Å². The number of hydrogen-bond acceptors (Lipinski definition) is 12. The van der Waals surface area contributed by atoms with Gasteiger partial charge in [-0.05, 0) is 90.6 Å². The van der Waals surface area contributed by atoms with Crippen LogP contribution in [-0.2, 0) is 28.5 Å². The molecule has 60 heavy (non-hydrogen) atoms. The van der Waals surface area contributed by atoms with Crippen LogP contribution in [0.25, 0.3) is 0 Å². The maximum atomic E-state index is 14.4. The van der Waals surface area contributed by atoms with Gasteiger partial charge < -0.3 is 45.5 Å². The molecule has 8 N–H and O–H groups in total. The lowest BCUT2D eigenvalue weighted by Crippen LogP contribution is -2.76. The number of ether oxygens (including phenoxy) is 4. The number of carbonyl (C=O) groups excluding carboxylic acids is 2. The van der Waals surface area contributed by atoms with Gasteiger partial charge >= 0.3 is 11.9 Å². The van der Waals surface area contributed by atoms with E-state index in [0.717, 1.165) is 115 Å². The monoisotopic (exact) mass is 846 g/mol. The van der Waals surface area contributed by atoms with Crippen LogP contribution in [-0.4, -0.2) is 117 Å². The molecule has 4 fully saturated rings. The van der Waals surface area contributed by atoms with Gasteiger partial charge in [-0.3, -0.25) is 14.2 Å². The molecule has 1 unspecified atom stereocenters. The predicted octanol–water partition coefficient (Wildman–Crippen LogP) is 5.16. The van der Waals surface area contributed by atoms with Crippen LogP contribution in [0.1, 0.15) is 175 Å². The molecular formula is C46H81N6O8+. The Morgan fingerprint density at radius 2 is 1.68 bits per heavy atom. The van der Waals surface area contributed by atoms with Crippen LogP contribution in [0.4, 0.5) is 0 Å². The van der Waals surface area contributed by atoms with Gasteiger partial charge in [0.1, 0.15) is 12.2 Å². The maximum Gasteiger partial charge on any atom is 0.350 e. The topological polar surface area (TPSA) is 194 Å². The van der Waals surface area contributed by atoms with Crippen LogP contribution in [0, 0.1) is 5.92 Å². The first kappa shape index (κ1) is 47.2. The highest BCUT2D eigenvalue weighted by Gasteiger charge is 2.65. The van der Waals surface area contributed by atoms with E-state index in [2.05, 4.69) is 48.1 Å². The third kappa shape index (κ3) is 11.1. The Hall–Kier alpha value is -2.33. The number of esters is 1. The molecule has 1 amide bonds. The minimum atomic E-state index is -1.86. The van der Waals surface area contributed by atoms with E-state index < -0.39 is 23.8 Å². The van der Waals surface area contributed by atoms with Gasteiger partial charge in [0.25, 0.3) is 5.91 Å². The molecule has 6 rings (SSSR count). The lowest BCUT2D eigenvalue weighted by molar-refractivity contribution is -0.608. The number of aliphatic hydroxyl groups is 2. The minimum absolute atomic E-state index is 0.0363. The summed E-state index contributed by atoms with van der Waals surface area (Å²) in [5, 5.41) is 29.2. The van der Waals surface area contributed by atoms with Gasteiger partial charge in [0.05, 0.1) is 24.3 Å². The highest BCUT2D eigenvalue weighted by atomic mass is 16.7. The summed E-state index contributed by atoms with van der Waals surface area (Å²) in [5.41, 5.74) is 10.1. The highest BCUT2D eigenvalue weighted by Crippen LogP contribution is 2.47. The Labute approximate surface area is 359 Å². The number of nitrogens with one attached hydrogen (secondary N) is 2. The zero-order chi connectivity index (χ0) is 42.8. The van der Waals surface area contributed by atoms with Crippen molar-refractivity contribution in [2.75, 3.05) is 19.6 Å². The van der Waals surface area contributed by atoms with Crippen molar-refractivity contribution in [3.05, 3.63) is 12.2 Å². The average Bonchev–Trinajstić information content (AvgIpc) is 3.82. The number of carbonyl (C=O) groups is 2. The third-order valence-electron chi connectivity index (χ3n) is 14.2. The molecule has 6 aliphatic heterocycles. The molecule has 0 aromatic carbocycles. The third-order valence-corrected chi connectivity index (χ3v) is 14.2. The summed E-state index contributed by atoms with van der Waals surface area (Å²) in [6.45, 7) is 7.22. The molecule has 4 saturated heterocycles.